The van der Waals surface area contributed by atoms with Crippen molar-refractivity contribution >= 4 is 29.2 Å². The van der Waals surface area contributed by atoms with Gasteiger partial charge in [-0.3, -0.25) is 0 Å². The molecule has 0 atom stereocenters. The molecule has 82 valence electrons. The van der Waals surface area contributed by atoms with Crippen molar-refractivity contribution in [2.75, 3.05) is 0 Å². The highest BCUT2D eigenvalue weighted by molar-refractivity contribution is 6.97. The number of benzene rings is 2. The third kappa shape index (κ3) is 2.02. The van der Waals surface area contributed by atoms with Crippen molar-refractivity contribution in [3.05, 3.63) is 60.7 Å². The molecule has 0 fully saturated rings. The van der Waals surface area contributed by atoms with E-state index in [2.05, 4.69) is 67.2 Å². The van der Waals surface area contributed by atoms with Crippen LogP contribution in [0.1, 0.15) is 0 Å². The number of rotatable bonds is 3. The second-order valence-electron chi connectivity index (χ2n) is 3.97. The fourth-order valence-electron chi connectivity index (χ4n) is 1.91. The Morgan fingerprint density at radius 3 is 1.50 bits per heavy atom. The van der Waals surface area contributed by atoms with Gasteiger partial charge in [-0.2, -0.15) is 0 Å². The molecule has 0 aliphatic carbocycles. The molecule has 16 heavy (non-hydrogen) atoms. The zero-order chi connectivity index (χ0) is 11.4. The largest absolute Gasteiger partial charge is 0.457 e. The molecule has 0 spiro atoms. The van der Waals surface area contributed by atoms with Crippen LogP contribution in [-0.4, -0.2) is 18.8 Å². The fourth-order valence-corrected chi connectivity index (χ4v) is 5.79. The fraction of sp³-hybridized carbons (Fsp3) is 0.0769. The molecule has 0 amide bonds. The lowest BCUT2D eigenvalue weighted by Crippen LogP contribution is -2.57. The zero-order valence-corrected chi connectivity index (χ0v) is 12.7. The first-order valence-corrected chi connectivity index (χ1v) is 8.66. The molecule has 0 saturated carbocycles. The molecule has 0 unspecified atom stereocenters. The van der Waals surface area contributed by atoms with E-state index < -0.39 is 8.32 Å². The van der Waals surface area contributed by atoms with E-state index >= 15 is 0 Å². The van der Waals surface area contributed by atoms with Gasteiger partial charge in [0.1, 0.15) is 10.5 Å². The van der Waals surface area contributed by atoms with Gasteiger partial charge in [-0.15, -0.1) is 0 Å². The van der Waals surface area contributed by atoms with Gasteiger partial charge in [0, 0.05) is 0 Å². The Morgan fingerprint density at radius 1 is 0.812 bits per heavy atom. The van der Waals surface area contributed by atoms with Gasteiger partial charge in [0.15, 0.2) is 0 Å². The van der Waals surface area contributed by atoms with Crippen molar-refractivity contribution < 1.29 is 4.12 Å². The van der Waals surface area contributed by atoms with Gasteiger partial charge in [-0.1, -0.05) is 60.7 Å². The second kappa shape index (κ2) is 4.78. The van der Waals surface area contributed by atoms with Gasteiger partial charge in [-0.05, 0) is 16.9 Å². The smallest absolute Gasteiger partial charge is 0.241 e. The van der Waals surface area contributed by atoms with Crippen LogP contribution in [0.3, 0.4) is 0 Å². The molecule has 1 nitrogen and oxygen atoms in total. The predicted molar refractivity (Wildman–Crippen MR) is 74.8 cm³/mol. The van der Waals surface area contributed by atoms with Crippen molar-refractivity contribution in [3.63, 3.8) is 0 Å². The van der Waals surface area contributed by atoms with Gasteiger partial charge >= 0.3 is 0 Å². The van der Waals surface area contributed by atoms with Crippen LogP contribution in [0.25, 0.3) is 0 Å². The number of hydrogen-bond acceptors (Lipinski definition) is 1. The molecule has 0 radical (unpaired) electrons. The summed E-state index contributed by atoms with van der Waals surface area (Å²) >= 11 is 0. The minimum absolute atomic E-state index is 0.778. The summed E-state index contributed by atoms with van der Waals surface area (Å²) in [7, 11) is -1.14. The highest BCUT2D eigenvalue weighted by Gasteiger charge is 2.31. The minimum atomic E-state index is -1.91. The van der Waals surface area contributed by atoms with Crippen LogP contribution in [-0.2, 0) is 4.12 Å². The molecule has 0 saturated heterocycles. The van der Waals surface area contributed by atoms with Gasteiger partial charge in [0.2, 0.25) is 8.32 Å². The summed E-state index contributed by atoms with van der Waals surface area (Å²) in [6, 6.07) is 21.2. The van der Waals surface area contributed by atoms with Crippen LogP contribution in [0.2, 0.25) is 6.55 Å². The molecule has 2 aromatic carbocycles. The van der Waals surface area contributed by atoms with Gasteiger partial charge < -0.3 is 4.12 Å². The SMILES string of the molecule is C[Si](O[SiH3])(c1ccccc1)c1ccccc1. The summed E-state index contributed by atoms with van der Waals surface area (Å²) in [6.07, 6.45) is 0. The van der Waals surface area contributed by atoms with Crippen LogP contribution in [0.15, 0.2) is 60.7 Å². The van der Waals surface area contributed by atoms with Crippen LogP contribution in [0.5, 0.6) is 0 Å². The summed E-state index contributed by atoms with van der Waals surface area (Å²) < 4.78 is 5.99. The predicted octanol–water partition coefficient (Wildman–Crippen LogP) is 0.673. The summed E-state index contributed by atoms with van der Waals surface area (Å²) in [5.41, 5.74) is 0. The van der Waals surface area contributed by atoms with Crippen LogP contribution >= 0.6 is 0 Å². The van der Waals surface area contributed by atoms with Crippen molar-refractivity contribution in [2.45, 2.75) is 6.55 Å². The summed E-state index contributed by atoms with van der Waals surface area (Å²) in [5, 5.41) is 2.69. The van der Waals surface area contributed by atoms with E-state index in [1.807, 2.05) is 0 Å². The first-order valence-electron chi connectivity index (χ1n) is 5.43. The molecular formula is C13H16OSi2. The van der Waals surface area contributed by atoms with Gasteiger partial charge in [-0.25, -0.2) is 0 Å². The Hall–Kier alpha value is -1.17. The van der Waals surface area contributed by atoms with Crippen molar-refractivity contribution in [2.24, 2.45) is 0 Å². The Bertz CT molecular complexity index is 403. The maximum absolute atomic E-state index is 5.99. The van der Waals surface area contributed by atoms with Crippen LogP contribution in [0, 0.1) is 0 Å². The zero-order valence-electron chi connectivity index (χ0n) is 9.68. The highest BCUT2D eigenvalue weighted by atomic mass is 28.4. The van der Waals surface area contributed by atoms with E-state index in [-0.39, 0.29) is 0 Å². The maximum atomic E-state index is 5.99. The third-order valence-electron chi connectivity index (χ3n) is 3.06. The molecule has 0 heterocycles. The third-order valence-corrected chi connectivity index (χ3v) is 9.19. The van der Waals surface area contributed by atoms with E-state index in [0.29, 0.717) is 0 Å². The maximum Gasteiger partial charge on any atom is 0.241 e. The molecule has 0 aliphatic heterocycles. The van der Waals surface area contributed by atoms with Crippen molar-refractivity contribution in [1.82, 2.24) is 0 Å². The highest BCUT2D eigenvalue weighted by Crippen LogP contribution is 2.05. The molecular weight excluding hydrogens is 228 g/mol. The van der Waals surface area contributed by atoms with E-state index in [0.717, 1.165) is 10.5 Å². The molecule has 2 aromatic rings. The average molecular weight is 244 g/mol. The van der Waals surface area contributed by atoms with Crippen LogP contribution in [0.4, 0.5) is 0 Å². The average Bonchev–Trinajstić information content (AvgIpc) is 2.40. The standard InChI is InChI=1S/C13H16OSi2/c1-16(14-15,12-8-4-2-5-9-12)13-10-6-3-7-11-13/h2-11H,1,15H3. The molecule has 3 heteroatoms. The molecule has 0 bridgehead atoms. The topological polar surface area (TPSA) is 9.23 Å². The first-order chi connectivity index (χ1) is 7.77. The molecule has 0 aromatic heterocycles. The van der Waals surface area contributed by atoms with Gasteiger partial charge in [0.05, 0.1) is 0 Å². The summed E-state index contributed by atoms with van der Waals surface area (Å²) in [4.78, 5) is 0. The summed E-state index contributed by atoms with van der Waals surface area (Å²) in [5.74, 6) is 0. The van der Waals surface area contributed by atoms with E-state index in [1.54, 1.807) is 0 Å². The molecule has 2 rings (SSSR count). The Kier molecular flexibility index (Phi) is 3.38. The summed E-state index contributed by atoms with van der Waals surface area (Å²) in [6.45, 7) is 2.27. The lowest BCUT2D eigenvalue weighted by atomic mass is 10.4. The lowest BCUT2D eigenvalue weighted by molar-refractivity contribution is 0.636. The van der Waals surface area contributed by atoms with Crippen molar-refractivity contribution in [1.29, 1.82) is 0 Å². The normalized spacial score (nSPS) is 11.6. The Morgan fingerprint density at radius 2 is 1.19 bits per heavy atom. The quantitative estimate of drug-likeness (QED) is 0.721. The first kappa shape index (κ1) is 11.3. The van der Waals surface area contributed by atoms with E-state index in [9.17, 15) is 0 Å². The van der Waals surface area contributed by atoms with Crippen molar-refractivity contribution in [3.8, 4) is 0 Å². The number of hydrogen-bond donors (Lipinski definition) is 0. The molecule has 0 N–H and O–H groups in total. The Balaban J connectivity index is 2.49. The second-order valence-corrected chi connectivity index (χ2v) is 8.82. The Labute approximate surface area is 101 Å². The van der Waals surface area contributed by atoms with E-state index in [4.69, 9.17) is 4.12 Å². The van der Waals surface area contributed by atoms with Gasteiger partial charge in [0.25, 0.3) is 0 Å². The monoisotopic (exact) mass is 244 g/mol. The lowest BCUT2D eigenvalue weighted by Gasteiger charge is -2.27. The minimum Gasteiger partial charge on any atom is -0.457 e. The molecule has 0 aliphatic rings. The van der Waals surface area contributed by atoms with E-state index in [1.165, 1.54) is 10.4 Å². The van der Waals surface area contributed by atoms with Crippen LogP contribution < -0.4 is 10.4 Å².